The third-order valence-corrected chi connectivity index (χ3v) is 28.0. The van der Waals surface area contributed by atoms with Gasteiger partial charge in [-0.3, -0.25) is 29.0 Å². The highest BCUT2D eigenvalue weighted by Gasteiger charge is 2.42. The fourth-order valence-electron chi connectivity index (χ4n) is 20.0. The van der Waals surface area contributed by atoms with Crippen molar-refractivity contribution in [1.82, 2.24) is 59.3 Å². The van der Waals surface area contributed by atoms with E-state index in [1.807, 2.05) is 48.5 Å². The Labute approximate surface area is 794 Å². The van der Waals surface area contributed by atoms with Crippen molar-refractivity contribution >= 4 is 125 Å². The number of nitrogens with zero attached hydrogens (tertiary/aromatic N) is 21. The molecular weight excluding hydrogens is 1770 g/mol. The first kappa shape index (κ1) is 94.9. The number of hydrogen-bond donors (Lipinski definition) is 0. The minimum atomic E-state index is -1.02. The van der Waals surface area contributed by atoms with Crippen LogP contribution in [0.1, 0.15) is 100.0 Å². The Bertz CT molecular complexity index is 6070. The van der Waals surface area contributed by atoms with Crippen LogP contribution in [0.5, 0.6) is 18.0 Å². The second-order valence-electron chi connectivity index (χ2n) is 36.2. The fraction of sp³-hybridized carbons (Fsp3) is 0.450. The Kier molecular flexibility index (Phi) is 30.1. The summed E-state index contributed by atoms with van der Waals surface area (Å²) in [6.45, 7) is 23.1. The van der Waals surface area contributed by atoms with Crippen LogP contribution in [-0.4, -0.2) is 264 Å². The molecule has 6 fully saturated rings. The largest absolute Gasteiger partial charge is 0.463 e. The number of likely N-dealkylation sites (N-methyl/N-ethyl adjacent to an activating group) is 1. The van der Waals surface area contributed by atoms with Gasteiger partial charge in [-0.2, -0.15) is 45.7 Å². The summed E-state index contributed by atoms with van der Waals surface area (Å²) in [5, 5.41) is 37.0. The number of ether oxygens (including phenoxy) is 3. The van der Waals surface area contributed by atoms with Crippen LogP contribution in [0.25, 0.3) is 32.3 Å². The topological polar surface area (TPSA) is 284 Å². The highest BCUT2D eigenvalue weighted by atomic mass is 35.5. The molecule has 0 N–H and O–H groups in total. The number of rotatable bonds is 24. The van der Waals surface area contributed by atoms with Crippen molar-refractivity contribution in [2.45, 2.75) is 141 Å². The standard InChI is InChI=1S/C35H41ClFN7O2.C33H35ClFN7O3.C32H35ClFN7O2/c1-35(2,3)44-18-13-26(44)23-46-34-39-29-22-41(30-10-5-8-24-7-4-9-28(36)32(24)30)17-14-27(29)33(40-34)42-19-20-43(25(21-42)12-16-38)31(45)11-6-15-37;1-39-18-22(17-30(39)44)21-45-33-37-27-20-40(28-8-3-6-23-5-2-7-26(34)31(23)28)14-11-25(27)32(38-33)41-15-16-42(24(19-41)10-13-36)29(43)9-4-12-35;1-3-38-14-11-24(38)20-43-32-36-27-19-39(28-9-5-7-22-6-4-8-26(33)29(22)28)15-12-25(27)30(37-32)40-16-17-41(31(42)21(2)34)23(18-40)10-13-35/h4-11,25-26H,12-15,17-23H2,1-3H3;2-9,22,24H,10-12,14-21H2,1H3;4-9,23-24H,2-3,10-12,14-20H2,1H3/b11-6+;9-4+;/t25-,26?;22?,24-;23-,24?/m000/s1. The van der Waals surface area contributed by atoms with Crippen molar-refractivity contribution < 1.29 is 46.6 Å². The van der Waals surface area contributed by atoms with Crippen molar-refractivity contribution in [2.24, 2.45) is 5.92 Å². The van der Waals surface area contributed by atoms with Gasteiger partial charge in [0.05, 0.1) is 114 Å². The van der Waals surface area contributed by atoms with Gasteiger partial charge < -0.3 is 63.2 Å². The first-order valence-corrected chi connectivity index (χ1v) is 47.2. The maximum absolute atomic E-state index is 13.8. The first-order valence-electron chi connectivity index (χ1n) is 46.1. The number of benzene rings is 6. The summed E-state index contributed by atoms with van der Waals surface area (Å²) in [5.74, 6) is 0.0678. The average Bonchev–Trinajstić information content (AvgIpc) is 0.850. The van der Waals surface area contributed by atoms with Crippen molar-refractivity contribution in [3.8, 4) is 36.2 Å². The number of carbonyl (C=O) groups excluding carboxylic acids is 4. The Morgan fingerprint density at radius 3 is 1.19 bits per heavy atom. The van der Waals surface area contributed by atoms with Crippen molar-refractivity contribution in [1.29, 1.82) is 15.8 Å². The van der Waals surface area contributed by atoms with Crippen LogP contribution in [0.4, 0.5) is 47.7 Å². The van der Waals surface area contributed by atoms with Crippen LogP contribution < -0.4 is 43.6 Å². The van der Waals surface area contributed by atoms with E-state index in [1.54, 1.807) is 21.7 Å². The molecule has 3 aromatic heterocycles. The van der Waals surface area contributed by atoms with Crippen LogP contribution in [0.3, 0.4) is 0 Å². The number of anilines is 6. The monoisotopic (exact) mass is 1880 g/mol. The predicted octanol–water partition coefficient (Wildman–Crippen LogP) is 14.4. The van der Waals surface area contributed by atoms with Gasteiger partial charge in [0.15, 0.2) is 5.83 Å². The molecule has 12 heterocycles. The van der Waals surface area contributed by atoms with Crippen LogP contribution in [-0.2, 0) is 58.1 Å². The lowest BCUT2D eigenvalue weighted by molar-refractivity contribution is -0.131. The predicted molar refractivity (Wildman–Crippen MR) is 514 cm³/mol. The first-order chi connectivity index (χ1) is 64.9. The molecular formula is C100H111Cl3F3N21O7. The Hall–Kier alpha value is -12.3. The summed E-state index contributed by atoms with van der Waals surface area (Å²) >= 11 is 20.1. The number of amides is 4. The minimum absolute atomic E-state index is 0.0480. The highest BCUT2D eigenvalue weighted by Crippen LogP contribution is 2.43. The Morgan fingerprint density at radius 2 is 0.858 bits per heavy atom. The van der Waals surface area contributed by atoms with Gasteiger partial charge in [-0.25, -0.2) is 13.2 Å². The molecule has 6 saturated heterocycles. The number of fused-ring (bicyclic) bond motifs is 6. The molecule has 3 unspecified atom stereocenters. The van der Waals surface area contributed by atoms with Crippen molar-refractivity contribution in [3.05, 3.63) is 195 Å². The molecule has 18 rings (SSSR count). The molecule has 4 amide bonds. The molecule has 0 aliphatic carbocycles. The molecule has 700 valence electrons. The maximum Gasteiger partial charge on any atom is 0.318 e. The van der Waals surface area contributed by atoms with E-state index in [0.29, 0.717) is 163 Å². The SMILES string of the molecule is C=C(F)C(=O)N1CCN(c2nc(OCC3CCN3CC)nc3c2CCN(c2cccc4cccc(Cl)c24)C3)C[C@@H]1CC#N.CC(C)(C)N1CCC1COc1nc2c(c(N3CCN(C(=O)/C=C/CF)[C@@H](CC#N)C3)n1)CCN(c1cccc3cccc(Cl)c13)C2.CN1CC(COc2nc3c(c(N4CCN(C(=O)/C=C/CF)[C@@H](CC#N)C4)n2)CCN(c2cccc4cccc(Cl)c24)C3)CC1=O. The Balaban J connectivity index is 0.000000146. The zero-order valence-corrected chi connectivity index (χ0v) is 78.5. The van der Waals surface area contributed by atoms with Gasteiger partial charge >= 0.3 is 18.0 Å². The number of halogens is 6. The minimum Gasteiger partial charge on any atom is -0.463 e. The molecule has 6 aromatic carbocycles. The van der Waals surface area contributed by atoms with Crippen LogP contribution in [0, 0.1) is 39.9 Å². The summed E-state index contributed by atoms with van der Waals surface area (Å²) < 4.78 is 58.0. The number of alkyl halides is 2. The summed E-state index contributed by atoms with van der Waals surface area (Å²) in [6.07, 6.45) is 9.93. The Morgan fingerprint density at radius 1 is 0.485 bits per heavy atom. The molecule has 0 saturated carbocycles. The number of nitriles is 3. The molecule has 6 atom stereocenters. The van der Waals surface area contributed by atoms with Crippen LogP contribution in [0.2, 0.25) is 15.1 Å². The van der Waals surface area contributed by atoms with E-state index in [9.17, 15) is 48.1 Å². The van der Waals surface area contributed by atoms with Gasteiger partial charge in [0.1, 0.15) is 44.0 Å². The molecule has 34 heteroatoms. The second kappa shape index (κ2) is 42.5. The number of hydrogen-bond acceptors (Lipinski definition) is 24. The maximum atomic E-state index is 13.8. The van der Waals surface area contributed by atoms with E-state index < -0.39 is 31.1 Å². The van der Waals surface area contributed by atoms with Gasteiger partial charge in [-0.05, 0) is 124 Å². The molecule has 0 bridgehead atoms. The van der Waals surface area contributed by atoms with E-state index in [0.717, 1.165) is 153 Å². The van der Waals surface area contributed by atoms with E-state index in [1.165, 1.54) is 29.2 Å². The van der Waals surface area contributed by atoms with Gasteiger partial charge in [-0.15, -0.1) is 0 Å². The third kappa shape index (κ3) is 21.0. The van der Waals surface area contributed by atoms with Gasteiger partial charge in [0.2, 0.25) is 17.7 Å². The molecule has 134 heavy (non-hydrogen) atoms. The number of aromatic nitrogens is 6. The van der Waals surface area contributed by atoms with Gasteiger partial charge in [-0.1, -0.05) is 121 Å². The van der Waals surface area contributed by atoms with Crippen LogP contribution >= 0.6 is 34.8 Å². The fourth-order valence-corrected chi connectivity index (χ4v) is 20.9. The van der Waals surface area contributed by atoms with E-state index in [2.05, 4.69) is 152 Å². The van der Waals surface area contributed by atoms with E-state index in [-0.39, 0.29) is 73.1 Å². The summed E-state index contributed by atoms with van der Waals surface area (Å²) in [5.41, 5.74) is 8.91. The third-order valence-electron chi connectivity index (χ3n) is 27.0. The summed E-state index contributed by atoms with van der Waals surface area (Å²) in [6, 6.07) is 43.3. The lowest BCUT2D eigenvalue weighted by atomic mass is 9.94. The molecule has 0 spiro atoms. The summed E-state index contributed by atoms with van der Waals surface area (Å²) in [7, 11) is 1.79. The zero-order valence-electron chi connectivity index (χ0n) is 76.2. The lowest BCUT2D eigenvalue weighted by Crippen LogP contribution is -2.59. The highest BCUT2D eigenvalue weighted by molar-refractivity contribution is 6.37. The number of allylic oxidation sites excluding steroid dienone is 2. The normalized spacial score (nSPS) is 20.3. The van der Waals surface area contributed by atoms with E-state index in [4.69, 9.17) is 78.9 Å². The average molecular weight is 1880 g/mol. The molecule has 9 aliphatic rings. The smallest absolute Gasteiger partial charge is 0.318 e. The van der Waals surface area contributed by atoms with E-state index >= 15 is 0 Å². The van der Waals surface area contributed by atoms with Crippen molar-refractivity contribution in [3.63, 3.8) is 0 Å². The molecule has 28 nitrogen and oxygen atoms in total. The van der Waals surface area contributed by atoms with Crippen molar-refractivity contribution in [2.75, 3.05) is 174 Å². The molecule has 0 radical (unpaired) electrons. The van der Waals surface area contributed by atoms with Gasteiger partial charge in [0.25, 0.3) is 5.91 Å². The lowest BCUT2D eigenvalue weighted by Gasteiger charge is -2.49. The summed E-state index contributed by atoms with van der Waals surface area (Å²) in [4.78, 5) is 104. The zero-order chi connectivity index (χ0) is 94.0. The van der Waals surface area contributed by atoms with Crippen LogP contribution in [0.15, 0.2) is 146 Å². The molecule has 9 aromatic rings. The number of carbonyl (C=O) groups is 4. The number of likely N-dealkylation sites (tertiary alicyclic amines) is 3. The number of piperazine rings is 3. The van der Waals surface area contributed by atoms with Gasteiger partial charge in [0, 0.05) is 197 Å². The second-order valence-corrected chi connectivity index (χ2v) is 37.5. The quantitative estimate of drug-likeness (QED) is 0.0508. The molecule has 9 aliphatic heterocycles.